The van der Waals surface area contributed by atoms with Crippen molar-refractivity contribution in [3.8, 4) is 0 Å². The van der Waals surface area contributed by atoms with Crippen LogP contribution >= 0.6 is 0 Å². The van der Waals surface area contributed by atoms with Crippen molar-refractivity contribution in [2.45, 2.75) is 5.60 Å². The van der Waals surface area contributed by atoms with E-state index in [1.165, 1.54) is 14.2 Å². The second-order valence-electron chi connectivity index (χ2n) is 2.43. The fourth-order valence-corrected chi connectivity index (χ4v) is 0.828. The molecule has 0 rings (SSSR count). The lowest BCUT2D eigenvalue weighted by Crippen LogP contribution is -2.47. The van der Waals surface area contributed by atoms with Gasteiger partial charge in [-0.15, -0.1) is 0 Å². The second kappa shape index (κ2) is 5.45. The molecule has 0 saturated heterocycles. The Bertz CT molecular complexity index is 81.6. The summed E-state index contributed by atoms with van der Waals surface area (Å²) in [6.07, 6.45) is 0. The highest BCUT2D eigenvalue weighted by Crippen LogP contribution is 2.03. The number of rotatable bonds is 6. The van der Waals surface area contributed by atoms with E-state index in [-0.39, 0.29) is 19.8 Å². The number of ether oxygens (including phenoxy) is 2. The van der Waals surface area contributed by atoms with Crippen LogP contribution in [0.2, 0.25) is 0 Å². The van der Waals surface area contributed by atoms with Gasteiger partial charge >= 0.3 is 0 Å². The van der Waals surface area contributed by atoms with Crippen LogP contribution in [-0.4, -0.2) is 49.9 Å². The van der Waals surface area contributed by atoms with Gasteiger partial charge < -0.3 is 19.8 Å². The van der Waals surface area contributed by atoms with Crippen LogP contribution in [0.1, 0.15) is 0 Å². The van der Waals surface area contributed by atoms with Crippen molar-refractivity contribution in [2.24, 2.45) is 0 Å². The Kier molecular flexibility index (Phi) is 5.35. The Morgan fingerprint density at radius 1 is 1.27 bits per heavy atom. The van der Waals surface area contributed by atoms with Crippen LogP contribution in [0, 0.1) is 0 Å². The molecule has 11 heavy (non-hydrogen) atoms. The molecule has 0 aliphatic heterocycles. The number of methoxy groups -OCH3 is 2. The van der Waals surface area contributed by atoms with E-state index in [1.54, 1.807) is 0 Å². The van der Waals surface area contributed by atoms with Gasteiger partial charge in [0.25, 0.3) is 0 Å². The van der Waals surface area contributed by atoms with Crippen LogP contribution in [0.3, 0.4) is 0 Å². The van der Waals surface area contributed by atoms with Gasteiger partial charge in [0.1, 0.15) is 5.60 Å². The van der Waals surface area contributed by atoms with Gasteiger partial charge in [-0.1, -0.05) is 0 Å². The lowest BCUT2D eigenvalue weighted by molar-refractivity contribution is -0.0899. The normalized spacial score (nSPS) is 12.0. The van der Waals surface area contributed by atoms with Gasteiger partial charge in [0, 0.05) is 14.2 Å². The Morgan fingerprint density at radius 2 is 1.73 bits per heavy atom. The minimum Gasteiger partial charge on any atom is -0.384 e. The molecule has 0 atom stereocenters. The molecule has 0 aliphatic rings. The van der Waals surface area contributed by atoms with E-state index >= 15 is 0 Å². The molecule has 0 fully saturated rings. The largest absolute Gasteiger partial charge is 0.384 e. The Labute approximate surface area is 65.9 Å². The minimum atomic E-state index is -1.15. The highest BCUT2D eigenvalue weighted by molar-refractivity contribution is 4.78. The third-order valence-corrected chi connectivity index (χ3v) is 1.23. The zero-order chi connectivity index (χ0) is 8.74. The molecule has 0 bridgehead atoms. The van der Waals surface area contributed by atoms with Gasteiger partial charge in [0.15, 0.2) is 0 Å². The molecule has 68 valence electrons. The van der Waals surface area contributed by atoms with E-state index in [2.05, 4.69) is 0 Å². The first-order valence-electron chi connectivity index (χ1n) is 3.26. The molecule has 0 saturated carbocycles. The van der Waals surface area contributed by atoms with Crippen LogP contribution in [0.5, 0.6) is 0 Å². The third-order valence-electron chi connectivity index (χ3n) is 1.23. The number of hydrogen-bond donors (Lipinski definition) is 3. The molecule has 0 spiro atoms. The summed E-state index contributed by atoms with van der Waals surface area (Å²) in [5.74, 6) is 0. The molecule has 0 heterocycles. The summed E-state index contributed by atoms with van der Waals surface area (Å²) in [7, 11) is 2.94. The molecule has 3 N–H and O–H groups in total. The molecule has 0 aliphatic carbocycles. The van der Waals surface area contributed by atoms with Crippen LogP contribution in [0.25, 0.3) is 0 Å². The predicted octanol–water partition coefficient (Wildman–Crippen LogP) is -1.01. The maximum atomic E-state index is 9.54. The highest BCUT2D eigenvalue weighted by Gasteiger charge is 2.26. The number of nitrogens with one attached hydrogen (secondary N) is 1. The topological polar surface area (TPSA) is 71.0 Å². The molecule has 0 amide bonds. The Hall–Kier alpha value is -0.200. The zero-order valence-corrected chi connectivity index (χ0v) is 6.83. The van der Waals surface area contributed by atoms with Crippen molar-refractivity contribution in [2.75, 3.05) is 34.0 Å². The monoisotopic (exact) mass is 165 g/mol. The lowest BCUT2D eigenvalue weighted by atomic mass is 10.1. The van der Waals surface area contributed by atoms with Gasteiger partial charge in [-0.3, -0.25) is 0 Å². The fourth-order valence-electron chi connectivity index (χ4n) is 0.828. The Balaban J connectivity index is 3.79. The van der Waals surface area contributed by atoms with E-state index in [1.807, 2.05) is 5.48 Å². The molecule has 0 radical (unpaired) electrons. The van der Waals surface area contributed by atoms with Crippen molar-refractivity contribution in [3.63, 3.8) is 0 Å². The summed E-state index contributed by atoms with van der Waals surface area (Å²) in [6, 6.07) is 0. The van der Waals surface area contributed by atoms with Crippen molar-refractivity contribution in [1.82, 2.24) is 5.48 Å². The summed E-state index contributed by atoms with van der Waals surface area (Å²) < 4.78 is 9.46. The average Bonchev–Trinajstić information content (AvgIpc) is 1.88. The number of hydrogen-bond acceptors (Lipinski definition) is 5. The van der Waals surface area contributed by atoms with Gasteiger partial charge in [-0.2, -0.15) is 0 Å². The van der Waals surface area contributed by atoms with Crippen molar-refractivity contribution in [1.29, 1.82) is 0 Å². The Morgan fingerprint density at radius 3 is 2.00 bits per heavy atom. The summed E-state index contributed by atoms with van der Waals surface area (Å²) in [5, 5.41) is 17.9. The van der Waals surface area contributed by atoms with Gasteiger partial charge in [-0.25, -0.2) is 5.48 Å². The van der Waals surface area contributed by atoms with Crippen LogP contribution in [-0.2, 0) is 9.47 Å². The van der Waals surface area contributed by atoms with Crippen molar-refractivity contribution in [3.05, 3.63) is 0 Å². The molecule has 5 nitrogen and oxygen atoms in total. The standard InChI is InChI=1S/C6H15NO4/c1-10-4-6(8,3-7-9)5-11-2/h7-9H,3-5H2,1-2H3. The molecular formula is C6H15NO4. The van der Waals surface area contributed by atoms with Crippen LogP contribution in [0.4, 0.5) is 0 Å². The lowest BCUT2D eigenvalue weighted by Gasteiger charge is -2.25. The van der Waals surface area contributed by atoms with Crippen LogP contribution in [0.15, 0.2) is 0 Å². The maximum Gasteiger partial charge on any atom is 0.126 e. The maximum absolute atomic E-state index is 9.54. The summed E-state index contributed by atoms with van der Waals surface area (Å²) in [4.78, 5) is 0. The summed E-state index contributed by atoms with van der Waals surface area (Å²) in [5.41, 5.74) is 0.713. The van der Waals surface area contributed by atoms with Gasteiger partial charge in [0.2, 0.25) is 0 Å². The van der Waals surface area contributed by atoms with E-state index in [4.69, 9.17) is 14.7 Å². The second-order valence-corrected chi connectivity index (χ2v) is 2.43. The van der Waals surface area contributed by atoms with Crippen molar-refractivity contribution >= 4 is 0 Å². The first-order chi connectivity index (χ1) is 5.18. The average molecular weight is 165 g/mol. The number of aliphatic hydroxyl groups is 1. The third kappa shape index (κ3) is 4.28. The molecule has 0 aromatic rings. The van der Waals surface area contributed by atoms with E-state index in [0.717, 1.165) is 0 Å². The van der Waals surface area contributed by atoms with Crippen molar-refractivity contribution < 1.29 is 19.8 Å². The summed E-state index contributed by atoms with van der Waals surface area (Å²) in [6.45, 7) is 0.261. The minimum absolute atomic E-state index is 0.0225. The smallest absolute Gasteiger partial charge is 0.126 e. The SMILES string of the molecule is COCC(O)(CNO)COC. The van der Waals surface area contributed by atoms with E-state index < -0.39 is 5.60 Å². The summed E-state index contributed by atoms with van der Waals surface area (Å²) >= 11 is 0. The molecule has 0 aromatic heterocycles. The molecule has 0 unspecified atom stereocenters. The van der Waals surface area contributed by atoms with Crippen LogP contribution < -0.4 is 5.48 Å². The van der Waals surface area contributed by atoms with Gasteiger partial charge in [0.05, 0.1) is 19.8 Å². The zero-order valence-electron chi connectivity index (χ0n) is 6.83. The molecule has 0 aromatic carbocycles. The molecule has 5 heteroatoms. The highest BCUT2D eigenvalue weighted by atomic mass is 16.5. The fraction of sp³-hybridized carbons (Fsp3) is 1.00. The van der Waals surface area contributed by atoms with E-state index in [9.17, 15) is 5.11 Å². The van der Waals surface area contributed by atoms with E-state index in [0.29, 0.717) is 0 Å². The quantitative estimate of drug-likeness (QED) is 0.440. The first kappa shape index (κ1) is 10.8. The molecular weight excluding hydrogens is 150 g/mol. The van der Waals surface area contributed by atoms with Gasteiger partial charge in [-0.05, 0) is 0 Å². The number of hydroxylamine groups is 1. The first-order valence-corrected chi connectivity index (χ1v) is 3.26. The predicted molar refractivity (Wildman–Crippen MR) is 38.5 cm³/mol.